The molecule has 1 aromatic carbocycles. The van der Waals surface area contributed by atoms with E-state index in [4.69, 9.17) is 4.99 Å². The van der Waals surface area contributed by atoms with E-state index in [0.29, 0.717) is 0 Å². The summed E-state index contributed by atoms with van der Waals surface area (Å²) in [7, 11) is 0. The second-order valence-electron chi connectivity index (χ2n) is 6.49. The highest BCUT2D eigenvalue weighted by atomic mass is 14.8. The highest BCUT2D eigenvalue weighted by Gasteiger charge is 2.14. The molecule has 2 aromatic rings. The van der Waals surface area contributed by atoms with Gasteiger partial charge < -0.3 is 0 Å². The van der Waals surface area contributed by atoms with Crippen molar-refractivity contribution in [2.45, 2.75) is 38.5 Å². The van der Waals surface area contributed by atoms with Crippen LogP contribution in [0.2, 0.25) is 0 Å². The Labute approximate surface area is 138 Å². The molecule has 0 saturated carbocycles. The van der Waals surface area contributed by atoms with E-state index in [2.05, 4.69) is 41.4 Å². The minimum Gasteiger partial charge on any atom is -0.285 e. The second-order valence-corrected chi connectivity index (χ2v) is 6.49. The van der Waals surface area contributed by atoms with Gasteiger partial charge in [0.15, 0.2) is 0 Å². The lowest BCUT2D eigenvalue weighted by molar-refractivity contribution is 0.838. The number of aromatic nitrogens is 1. The van der Waals surface area contributed by atoms with E-state index < -0.39 is 0 Å². The van der Waals surface area contributed by atoms with Crippen LogP contribution in [0, 0.1) is 0 Å². The van der Waals surface area contributed by atoms with E-state index >= 15 is 0 Å². The van der Waals surface area contributed by atoms with E-state index in [0.717, 1.165) is 25.8 Å². The smallest absolute Gasteiger partial charge is 0.0649 e. The largest absolute Gasteiger partial charge is 0.285 e. The first-order chi connectivity index (χ1) is 11.4. The molecule has 0 saturated heterocycles. The molecule has 1 aliphatic heterocycles. The van der Waals surface area contributed by atoms with Crippen molar-refractivity contribution in [3.05, 3.63) is 71.1 Å². The van der Waals surface area contributed by atoms with Gasteiger partial charge in [-0.15, -0.1) is 0 Å². The fraction of sp³-hybridized carbons (Fsp3) is 0.333. The third-order valence-electron chi connectivity index (χ3n) is 4.85. The average Bonchev–Trinajstić information content (AvgIpc) is 3.24. The number of rotatable bonds is 5. The van der Waals surface area contributed by atoms with E-state index in [1.807, 2.05) is 12.3 Å². The number of nitrogens with zero attached hydrogens (tertiary/aromatic N) is 2. The number of aliphatic imine (C=N–C) groups is 1. The minimum atomic E-state index is 0.845. The molecule has 0 atom stereocenters. The zero-order valence-electron chi connectivity index (χ0n) is 13.5. The molecule has 0 radical (unpaired) electrons. The second kappa shape index (κ2) is 6.49. The highest BCUT2D eigenvalue weighted by Crippen LogP contribution is 2.27. The van der Waals surface area contributed by atoms with Crippen LogP contribution in [0.1, 0.15) is 41.6 Å². The van der Waals surface area contributed by atoms with Crippen molar-refractivity contribution in [1.82, 2.24) is 4.98 Å². The van der Waals surface area contributed by atoms with Crippen molar-refractivity contribution in [3.8, 4) is 0 Å². The summed E-state index contributed by atoms with van der Waals surface area (Å²) in [5, 5.41) is 0. The molecule has 0 amide bonds. The molecule has 0 bridgehead atoms. The SMILES string of the molecule is C1=C(c2ccc3c(c2)CCC3)CN=C1CCCc1ccccn1. The van der Waals surface area contributed by atoms with Gasteiger partial charge in [-0.3, -0.25) is 9.98 Å². The monoisotopic (exact) mass is 302 g/mol. The fourth-order valence-corrected chi connectivity index (χ4v) is 3.57. The highest BCUT2D eigenvalue weighted by molar-refractivity contribution is 6.04. The lowest BCUT2D eigenvalue weighted by atomic mass is 10.00. The van der Waals surface area contributed by atoms with Gasteiger partial charge in [-0.2, -0.15) is 0 Å². The van der Waals surface area contributed by atoms with Crippen LogP contribution in [0.25, 0.3) is 5.57 Å². The maximum atomic E-state index is 4.72. The standard InChI is InChI=1S/C21H22N2/c1-2-12-22-20(7-1)8-4-9-21-14-19(15-23-21)18-11-10-16-5-3-6-17(16)13-18/h1-2,7,10-14H,3-6,8-9,15H2. The van der Waals surface area contributed by atoms with Gasteiger partial charge in [0.05, 0.1) is 6.54 Å². The topological polar surface area (TPSA) is 25.2 Å². The molecular formula is C21H22N2. The van der Waals surface area contributed by atoms with Gasteiger partial charge in [0.2, 0.25) is 0 Å². The summed E-state index contributed by atoms with van der Waals surface area (Å²) in [6.45, 7) is 0.845. The van der Waals surface area contributed by atoms with Crippen LogP contribution in [-0.2, 0) is 19.3 Å². The normalized spacial score (nSPS) is 16.2. The van der Waals surface area contributed by atoms with Gasteiger partial charge in [0, 0.05) is 17.6 Å². The van der Waals surface area contributed by atoms with Gasteiger partial charge in [-0.1, -0.05) is 24.3 Å². The third kappa shape index (κ3) is 3.26. The first-order valence-electron chi connectivity index (χ1n) is 8.64. The molecule has 0 spiro atoms. The Bertz CT molecular complexity index is 757. The van der Waals surface area contributed by atoms with Crippen LogP contribution in [0.5, 0.6) is 0 Å². The Hall–Kier alpha value is -2.22. The lowest BCUT2D eigenvalue weighted by Crippen LogP contribution is -1.95. The summed E-state index contributed by atoms with van der Waals surface area (Å²) in [6, 6.07) is 13.1. The van der Waals surface area contributed by atoms with Crippen molar-refractivity contribution in [2.24, 2.45) is 4.99 Å². The van der Waals surface area contributed by atoms with Gasteiger partial charge in [-0.25, -0.2) is 0 Å². The number of aryl methyl sites for hydroxylation is 3. The van der Waals surface area contributed by atoms with E-state index in [-0.39, 0.29) is 0 Å². The van der Waals surface area contributed by atoms with Crippen LogP contribution in [0.4, 0.5) is 0 Å². The van der Waals surface area contributed by atoms with Crippen LogP contribution >= 0.6 is 0 Å². The minimum absolute atomic E-state index is 0.845. The molecule has 2 heterocycles. The van der Waals surface area contributed by atoms with Gasteiger partial charge >= 0.3 is 0 Å². The predicted octanol–water partition coefficient (Wildman–Crippen LogP) is 4.43. The fourth-order valence-electron chi connectivity index (χ4n) is 3.57. The number of allylic oxidation sites excluding steroid dienone is 1. The summed E-state index contributed by atoms with van der Waals surface area (Å²) in [5.41, 5.74) is 8.27. The van der Waals surface area contributed by atoms with Crippen molar-refractivity contribution in [1.29, 1.82) is 0 Å². The number of benzene rings is 1. The molecule has 1 aliphatic carbocycles. The Morgan fingerprint density at radius 1 is 0.957 bits per heavy atom. The van der Waals surface area contributed by atoms with Crippen molar-refractivity contribution in [3.63, 3.8) is 0 Å². The van der Waals surface area contributed by atoms with E-state index in [1.54, 1.807) is 11.1 Å². The average molecular weight is 302 g/mol. The summed E-state index contributed by atoms with van der Waals surface area (Å²) >= 11 is 0. The van der Waals surface area contributed by atoms with Crippen molar-refractivity contribution in [2.75, 3.05) is 6.54 Å². The molecule has 2 nitrogen and oxygen atoms in total. The van der Waals surface area contributed by atoms with Crippen LogP contribution in [-0.4, -0.2) is 17.2 Å². The maximum absolute atomic E-state index is 4.72. The quantitative estimate of drug-likeness (QED) is 0.802. The first-order valence-corrected chi connectivity index (χ1v) is 8.64. The van der Waals surface area contributed by atoms with Crippen molar-refractivity contribution < 1.29 is 0 Å². The Kier molecular flexibility index (Phi) is 4.06. The zero-order chi connectivity index (χ0) is 15.5. The number of fused-ring (bicyclic) bond motifs is 1. The summed E-state index contributed by atoms with van der Waals surface area (Å²) < 4.78 is 0. The predicted molar refractivity (Wildman–Crippen MR) is 95.9 cm³/mol. The molecule has 0 fully saturated rings. The maximum Gasteiger partial charge on any atom is 0.0649 e. The molecule has 23 heavy (non-hydrogen) atoms. The number of hydrogen-bond acceptors (Lipinski definition) is 2. The van der Waals surface area contributed by atoms with Crippen LogP contribution in [0.3, 0.4) is 0 Å². The number of pyridine rings is 1. The van der Waals surface area contributed by atoms with Gasteiger partial charge in [-0.05, 0) is 79.0 Å². The molecule has 4 rings (SSSR count). The van der Waals surface area contributed by atoms with Crippen molar-refractivity contribution >= 4 is 11.3 Å². The lowest BCUT2D eigenvalue weighted by Gasteiger charge is -2.05. The van der Waals surface area contributed by atoms with Crippen LogP contribution < -0.4 is 0 Å². The molecule has 2 heteroatoms. The van der Waals surface area contributed by atoms with E-state index in [9.17, 15) is 0 Å². The third-order valence-corrected chi connectivity index (χ3v) is 4.85. The van der Waals surface area contributed by atoms with Gasteiger partial charge in [0.25, 0.3) is 0 Å². The molecule has 116 valence electrons. The summed E-state index contributed by atoms with van der Waals surface area (Å²) in [4.78, 5) is 9.11. The summed E-state index contributed by atoms with van der Waals surface area (Å²) in [5.74, 6) is 0. The molecule has 0 N–H and O–H groups in total. The molecular weight excluding hydrogens is 280 g/mol. The zero-order valence-corrected chi connectivity index (χ0v) is 13.5. The Morgan fingerprint density at radius 3 is 2.83 bits per heavy atom. The Morgan fingerprint density at radius 2 is 1.91 bits per heavy atom. The van der Waals surface area contributed by atoms with Crippen LogP contribution in [0.15, 0.2) is 53.7 Å². The molecule has 2 aliphatic rings. The van der Waals surface area contributed by atoms with Gasteiger partial charge in [0.1, 0.15) is 0 Å². The molecule has 1 aromatic heterocycles. The Balaban J connectivity index is 1.37. The number of hydrogen-bond donors (Lipinski definition) is 0. The molecule has 0 unspecified atom stereocenters. The van der Waals surface area contributed by atoms with E-state index in [1.165, 1.54) is 41.8 Å². The first kappa shape index (κ1) is 14.4. The summed E-state index contributed by atoms with van der Waals surface area (Å²) in [6.07, 6.45) is 11.2.